The summed E-state index contributed by atoms with van der Waals surface area (Å²) < 4.78 is 10.9. The molecule has 1 saturated carbocycles. The molecule has 0 amide bonds. The highest BCUT2D eigenvalue weighted by atomic mass is 16.6. The fourth-order valence-electron chi connectivity index (χ4n) is 7.75. The Labute approximate surface area is 273 Å². The number of hydrogen-bond acceptors (Lipinski definition) is 8. The minimum Gasteiger partial charge on any atom is -0.429 e. The quantitative estimate of drug-likeness (QED) is 0.0556. The van der Waals surface area contributed by atoms with Crippen LogP contribution < -0.4 is 0 Å². The number of hydrogen-bond donors (Lipinski definition) is 5. The molecule has 0 aromatic heterocycles. The van der Waals surface area contributed by atoms with Crippen LogP contribution in [0.3, 0.4) is 0 Å². The zero-order valence-corrected chi connectivity index (χ0v) is 28.2. The van der Waals surface area contributed by atoms with Gasteiger partial charge in [-0.25, -0.2) is 4.79 Å². The van der Waals surface area contributed by atoms with E-state index in [0.29, 0.717) is 37.7 Å². The second kappa shape index (κ2) is 21.8. The van der Waals surface area contributed by atoms with Crippen LogP contribution in [0.1, 0.15) is 161 Å². The van der Waals surface area contributed by atoms with E-state index in [1.807, 2.05) is 0 Å². The Morgan fingerprint density at radius 3 is 1.78 bits per heavy atom. The van der Waals surface area contributed by atoms with Crippen molar-refractivity contribution in [2.45, 2.75) is 204 Å². The topological polar surface area (TPSA) is 137 Å². The van der Waals surface area contributed by atoms with Crippen LogP contribution in [0.2, 0.25) is 0 Å². The van der Waals surface area contributed by atoms with Crippen LogP contribution in [0.4, 0.5) is 0 Å². The van der Waals surface area contributed by atoms with E-state index in [-0.39, 0.29) is 23.9 Å². The van der Waals surface area contributed by atoms with Crippen LogP contribution in [0.15, 0.2) is 11.6 Å². The van der Waals surface area contributed by atoms with Crippen molar-refractivity contribution in [2.24, 2.45) is 11.8 Å². The first kappa shape index (κ1) is 38.4. The highest BCUT2D eigenvalue weighted by molar-refractivity contribution is 5.90. The van der Waals surface area contributed by atoms with Gasteiger partial charge in [0.2, 0.25) is 6.29 Å². The Hall–Kier alpha value is -1.03. The number of cyclic esters (lactones) is 1. The number of unbranched alkanes of at least 4 members (excludes halogenated alkanes) is 16. The SMILES string of the molecule is CCCCCCCCCCC(O)C1CC(O)C(C2OC(C(O)CCCCCCCCCCCCC3=CC(O)OC3=O)CC2O)C1. The van der Waals surface area contributed by atoms with E-state index < -0.39 is 36.8 Å². The lowest BCUT2D eigenvalue weighted by Crippen LogP contribution is -2.35. The molecule has 5 N–H and O–H groups in total. The summed E-state index contributed by atoms with van der Waals surface area (Å²) in [6.45, 7) is 2.24. The first-order valence-corrected chi connectivity index (χ1v) is 18.8. The zero-order valence-electron chi connectivity index (χ0n) is 28.2. The molecule has 2 heterocycles. The molecule has 8 nitrogen and oxygen atoms in total. The van der Waals surface area contributed by atoms with Gasteiger partial charge in [0.15, 0.2) is 0 Å². The Morgan fingerprint density at radius 1 is 0.689 bits per heavy atom. The van der Waals surface area contributed by atoms with Gasteiger partial charge in [-0.3, -0.25) is 0 Å². The first-order chi connectivity index (χ1) is 21.8. The smallest absolute Gasteiger partial charge is 0.336 e. The number of aliphatic hydroxyl groups is 5. The maximum Gasteiger partial charge on any atom is 0.336 e. The molecule has 1 aliphatic carbocycles. The second-order valence-corrected chi connectivity index (χ2v) is 14.4. The lowest BCUT2D eigenvalue weighted by molar-refractivity contribution is -0.151. The van der Waals surface area contributed by atoms with Crippen molar-refractivity contribution < 1.29 is 39.8 Å². The van der Waals surface area contributed by atoms with E-state index >= 15 is 0 Å². The molecule has 2 aliphatic heterocycles. The molecule has 3 aliphatic rings. The molecule has 0 bridgehead atoms. The van der Waals surface area contributed by atoms with E-state index in [2.05, 4.69) is 6.92 Å². The molecule has 1 saturated heterocycles. The van der Waals surface area contributed by atoms with Gasteiger partial charge in [-0.1, -0.05) is 116 Å². The second-order valence-electron chi connectivity index (χ2n) is 14.4. The largest absolute Gasteiger partial charge is 0.429 e. The van der Waals surface area contributed by atoms with Crippen LogP contribution in [0.5, 0.6) is 0 Å². The number of ether oxygens (including phenoxy) is 2. The van der Waals surface area contributed by atoms with Crippen molar-refractivity contribution in [1.82, 2.24) is 0 Å². The van der Waals surface area contributed by atoms with Gasteiger partial charge in [-0.15, -0.1) is 0 Å². The summed E-state index contributed by atoms with van der Waals surface area (Å²) in [5.41, 5.74) is 0.601. The van der Waals surface area contributed by atoms with Crippen LogP contribution in [-0.4, -0.2) is 74.4 Å². The summed E-state index contributed by atoms with van der Waals surface area (Å²) in [6.07, 6.45) is 22.2. The van der Waals surface area contributed by atoms with Crippen molar-refractivity contribution in [3.63, 3.8) is 0 Å². The van der Waals surface area contributed by atoms with Crippen LogP contribution >= 0.6 is 0 Å². The van der Waals surface area contributed by atoms with Gasteiger partial charge >= 0.3 is 5.97 Å². The normalized spacial score (nSPS) is 29.7. The minimum atomic E-state index is -1.06. The molecule has 0 spiro atoms. The molecule has 0 aromatic carbocycles. The Balaban J connectivity index is 1.18. The van der Waals surface area contributed by atoms with E-state index in [1.54, 1.807) is 0 Å². The Bertz CT molecular complexity index is 833. The maximum absolute atomic E-state index is 11.5. The van der Waals surface area contributed by atoms with Crippen molar-refractivity contribution in [1.29, 1.82) is 0 Å². The number of carbonyl (C=O) groups excluding carboxylic acids is 1. The average molecular weight is 639 g/mol. The molecule has 8 heteroatoms. The van der Waals surface area contributed by atoms with Crippen molar-refractivity contribution >= 4 is 5.97 Å². The zero-order chi connectivity index (χ0) is 32.4. The van der Waals surface area contributed by atoms with E-state index in [4.69, 9.17) is 9.47 Å². The highest BCUT2D eigenvalue weighted by Crippen LogP contribution is 2.42. The van der Waals surface area contributed by atoms with E-state index in [9.17, 15) is 30.3 Å². The number of rotatable bonds is 25. The van der Waals surface area contributed by atoms with Gasteiger partial charge in [0.1, 0.15) is 0 Å². The monoisotopic (exact) mass is 638 g/mol. The Kier molecular flexibility index (Phi) is 18.6. The molecule has 262 valence electrons. The van der Waals surface area contributed by atoms with Gasteiger partial charge in [0, 0.05) is 17.9 Å². The summed E-state index contributed by atoms with van der Waals surface area (Å²) in [7, 11) is 0. The number of esters is 1. The predicted molar refractivity (Wildman–Crippen MR) is 176 cm³/mol. The summed E-state index contributed by atoms with van der Waals surface area (Å²) in [5.74, 6) is -0.522. The Morgan fingerprint density at radius 2 is 1.22 bits per heavy atom. The summed E-state index contributed by atoms with van der Waals surface area (Å²) in [5, 5.41) is 52.5. The number of carbonyl (C=O) groups is 1. The molecule has 45 heavy (non-hydrogen) atoms. The maximum atomic E-state index is 11.5. The molecule has 3 rings (SSSR count). The standard InChI is InChI=1S/C37H66O8/c1-2-3-4-5-6-12-15-18-21-30(38)28-23-29(32(40)24-28)36-33(41)26-34(44-36)31(39)22-19-16-13-10-8-7-9-11-14-17-20-27-25-35(42)45-37(27)43/h25,28-36,38-42H,2-24,26H2,1H3. The van der Waals surface area contributed by atoms with Gasteiger partial charge in [-0.05, 0) is 50.5 Å². The molecule has 0 aromatic rings. The fraction of sp³-hybridized carbons (Fsp3) is 0.919. The molecular weight excluding hydrogens is 572 g/mol. The third-order valence-corrected chi connectivity index (χ3v) is 10.6. The van der Waals surface area contributed by atoms with Crippen molar-refractivity contribution in [3.05, 3.63) is 11.6 Å². The minimum absolute atomic E-state index is 0.0483. The lowest BCUT2D eigenvalue weighted by Gasteiger charge is -2.26. The predicted octanol–water partition coefficient (Wildman–Crippen LogP) is 6.63. The van der Waals surface area contributed by atoms with Gasteiger partial charge in [0.05, 0.1) is 36.6 Å². The average Bonchev–Trinajstić information content (AvgIpc) is 3.69. The van der Waals surface area contributed by atoms with Crippen molar-refractivity contribution in [2.75, 3.05) is 0 Å². The number of aliphatic hydroxyl groups excluding tert-OH is 5. The van der Waals surface area contributed by atoms with Crippen molar-refractivity contribution in [3.8, 4) is 0 Å². The molecule has 9 unspecified atom stereocenters. The summed E-state index contributed by atoms with van der Waals surface area (Å²) in [4.78, 5) is 11.5. The molecule has 9 atom stereocenters. The first-order valence-electron chi connectivity index (χ1n) is 18.8. The highest BCUT2D eigenvalue weighted by Gasteiger charge is 2.48. The summed E-state index contributed by atoms with van der Waals surface area (Å²) in [6, 6.07) is 0. The van der Waals surface area contributed by atoms with Gasteiger partial charge in [-0.2, -0.15) is 0 Å². The van der Waals surface area contributed by atoms with Crippen LogP contribution in [0.25, 0.3) is 0 Å². The van der Waals surface area contributed by atoms with E-state index in [1.165, 1.54) is 70.3 Å². The van der Waals surface area contributed by atoms with E-state index in [0.717, 1.165) is 57.8 Å². The lowest BCUT2D eigenvalue weighted by atomic mass is 9.91. The molecular formula is C37H66O8. The third-order valence-electron chi connectivity index (χ3n) is 10.6. The molecule has 0 radical (unpaired) electrons. The van der Waals surface area contributed by atoms with Gasteiger partial charge in [0.25, 0.3) is 0 Å². The van der Waals surface area contributed by atoms with Crippen LogP contribution in [0, 0.1) is 11.8 Å². The third kappa shape index (κ3) is 13.9. The summed E-state index contributed by atoms with van der Waals surface area (Å²) >= 11 is 0. The fourth-order valence-corrected chi connectivity index (χ4v) is 7.75. The molecule has 2 fully saturated rings. The van der Waals surface area contributed by atoms with Gasteiger partial charge < -0.3 is 35.0 Å². The van der Waals surface area contributed by atoms with Crippen LogP contribution in [-0.2, 0) is 14.3 Å².